The zero-order valence-electron chi connectivity index (χ0n) is 15.2. The number of nitrogens with zero attached hydrogens (tertiary/aromatic N) is 1. The Balaban J connectivity index is 1.81. The van der Waals surface area contributed by atoms with Gasteiger partial charge in [-0.1, -0.05) is 36.4 Å². The minimum atomic E-state index is -0.482. The van der Waals surface area contributed by atoms with Crippen LogP contribution in [0.1, 0.15) is 17.2 Å². The maximum Gasteiger partial charge on any atom is 0.127 e. The number of aliphatic hydroxyl groups excluding tert-OH is 1. The normalized spacial score (nSPS) is 31.1. The number of ether oxygens (including phenoxy) is 1. The second-order valence-corrected chi connectivity index (χ2v) is 7.54. The first-order chi connectivity index (χ1) is 12.6. The monoisotopic (exact) mass is 354 g/mol. The molecule has 2 fully saturated rings. The van der Waals surface area contributed by atoms with Crippen LogP contribution in [0.3, 0.4) is 0 Å². The molecule has 0 radical (unpaired) electrons. The van der Waals surface area contributed by atoms with E-state index in [-0.39, 0.29) is 18.4 Å². The second kappa shape index (κ2) is 6.58. The molecule has 0 bridgehead atoms. The fourth-order valence-corrected chi connectivity index (χ4v) is 4.94. The van der Waals surface area contributed by atoms with E-state index in [0.717, 1.165) is 24.2 Å². The van der Waals surface area contributed by atoms with Gasteiger partial charge < -0.3 is 19.8 Å². The van der Waals surface area contributed by atoms with Crippen molar-refractivity contribution < 1.29 is 14.9 Å². The van der Waals surface area contributed by atoms with Crippen LogP contribution in [0.2, 0.25) is 0 Å². The molecule has 2 aromatic carbocycles. The molecule has 2 heterocycles. The third-order valence-electron chi connectivity index (χ3n) is 6.11. The number of fused-ring (bicyclic) bond motifs is 1. The molecule has 2 aliphatic rings. The lowest BCUT2D eigenvalue weighted by atomic mass is 9.76. The van der Waals surface area contributed by atoms with Crippen molar-refractivity contribution in [2.45, 2.75) is 11.6 Å². The summed E-state index contributed by atoms with van der Waals surface area (Å²) >= 11 is 0. The summed E-state index contributed by atoms with van der Waals surface area (Å²) in [5.41, 5.74) is 1.67. The lowest BCUT2D eigenvalue weighted by Crippen LogP contribution is -2.47. The van der Waals surface area contributed by atoms with Crippen molar-refractivity contribution in [1.82, 2.24) is 10.2 Å². The van der Waals surface area contributed by atoms with Crippen LogP contribution in [0.25, 0.3) is 0 Å². The van der Waals surface area contributed by atoms with E-state index in [1.807, 2.05) is 24.3 Å². The van der Waals surface area contributed by atoms with E-state index in [1.165, 1.54) is 0 Å². The largest absolute Gasteiger partial charge is 0.508 e. The Kier molecular flexibility index (Phi) is 4.39. The number of phenols is 1. The van der Waals surface area contributed by atoms with Crippen molar-refractivity contribution in [3.63, 3.8) is 0 Å². The third-order valence-corrected chi connectivity index (χ3v) is 6.11. The van der Waals surface area contributed by atoms with Gasteiger partial charge in [-0.3, -0.25) is 5.32 Å². The SMILES string of the molecule is COc1cc(O)ccc1[C@H]1N[C@](CO)(c2ccccc2)[C@H]2CN(C)C[C@@H]12. The standard InChI is InChI=1S/C21H26N2O3/c1-23-11-17-18(12-23)21(13-24,14-6-4-3-5-7-14)22-20(17)16-9-8-15(25)10-19(16)26-2/h3-10,17-18,20,22,24-25H,11-13H2,1-2H3/t17-,18+,20-,21-/m1/s1. The van der Waals surface area contributed by atoms with Gasteiger partial charge in [-0.05, 0) is 24.6 Å². The van der Waals surface area contributed by atoms with Crippen molar-refractivity contribution in [2.75, 3.05) is 33.9 Å². The number of likely N-dealkylation sites (tertiary alicyclic amines) is 1. The molecule has 0 spiro atoms. The molecule has 2 saturated heterocycles. The lowest BCUT2D eigenvalue weighted by molar-refractivity contribution is 0.129. The molecule has 138 valence electrons. The predicted molar refractivity (Wildman–Crippen MR) is 100 cm³/mol. The quantitative estimate of drug-likeness (QED) is 0.785. The smallest absolute Gasteiger partial charge is 0.127 e. The number of rotatable bonds is 4. The Hall–Kier alpha value is -2.08. The highest BCUT2D eigenvalue weighted by atomic mass is 16.5. The predicted octanol–water partition coefficient (Wildman–Crippen LogP) is 2.11. The van der Waals surface area contributed by atoms with Gasteiger partial charge in [0, 0.05) is 36.7 Å². The number of nitrogens with one attached hydrogen (secondary N) is 1. The van der Waals surface area contributed by atoms with Gasteiger partial charge in [-0.25, -0.2) is 0 Å². The zero-order chi connectivity index (χ0) is 18.3. The first-order valence-electron chi connectivity index (χ1n) is 9.08. The second-order valence-electron chi connectivity index (χ2n) is 7.54. The summed E-state index contributed by atoms with van der Waals surface area (Å²) in [4.78, 5) is 2.34. The van der Waals surface area contributed by atoms with Gasteiger partial charge in [-0.2, -0.15) is 0 Å². The summed E-state index contributed by atoms with van der Waals surface area (Å²) in [6, 6.07) is 15.6. The molecular formula is C21H26N2O3. The fraction of sp³-hybridized carbons (Fsp3) is 0.429. The van der Waals surface area contributed by atoms with Gasteiger partial charge in [-0.15, -0.1) is 0 Å². The van der Waals surface area contributed by atoms with Crippen LogP contribution in [0, 0.1) is 11.8 Å². The number of phenolic OH excluding ortho intramolecular Hbond substituents is 1. The summed E-state index contributed by atoms with van der Waals surface area (Å²) in [6.45, 7) is 1.94. The highest BCUT2D eigenvalue weighted by Gasteiger charge is 2.57. The molecule has 0 saturated carbocycles. The lowest BCUT2D eigenvalue weighted by Gasteiger charge is -2.35. The summed E-state index contributed by atoms with van der Waals surface area (Å²) in [6.07, 6.45) is 0. The first kappa shape index (κ1) is 17.3. The minimum absolute atomic E-state index is 0.0446. The van der Waals surface area contributed by atoms with Crippen molar-refractivity contribution in [2.24, 2.45) is 11.8 Å². The molecule has 26 heavy (non-hydrogen) atoms. The van der Waals surface area contributed by atoms with Gasteiger partial charge in [0.2, 0.25) is 0 Å². The zero-order valence-corrected chi connectivity index (χ0v) is 15.2. The van der Waals surface area contributed by atoms with Crippen molar-refractivity contribution in [3.05, 3.63) is 59.7 Å². The van der Waals surface area contributed by atoms with Crippen molar-refractivity contribution in [3.8, 4) is 11.5 Å². The number of aliphatic hydroxyl groups is 1. The van der Waals surface area contributed by atoms with Gasteiger partial charge in [0.15, 0.2) is 0 Å². The van der Waals surface area contributed by atoms with Crippen LogP contribution >= 0.6 is 0 Å². The minimum Gasteiger partial charge on any atom is -0.508 e. The average Bonchev–Trinajstić information content (AvgIpc) is 3.19. The highest BCUT2D eigenvalue weighted by molar-refractivity contribution is 5.44. The summed E-state index contributed by atoms with van der Waals surface area (Å²) in [5.74, 6) is 1.52. The Morgan fingerprint density at radius 1 is 1.19 bits per heavy atom. The molecule has 5 nitrogen and oxygen atoms in total. The topological polar surface area (TPSA) is 65.0 Å². The molecule has 0 amide bonds. The maximum absolute atomic E-state index is 10.5. The molecule has 2 aromatic rings. The van der Waals surface area contributed by atoms with Gasteiger partial charge >= 0.3 is 0 Å². The molecular weight excluding hydrogens is 328 g/mol. The number of benzene rings is 2. The molecule has 4 rings (SSSR count). The van der Waals surface area contributed by atoms with E-state index in [4.69, 9.17) is 4.74 Å². The van der Waals surface area contributed by atoms with Gasteiger partial charge in [0.1, 0.15) is 11.5 Å². The van der Waals surface area contributed by atoms with Crippen LogP contribution in [-0.2, 0) is 5.54 Å². The van der Waals surface area contributed by atoms with Gasteiger partial charge in [0.25, 0.3) is 0 Å². The van der Waals surface area contributed by atoms with Crippen LogP contribution in [0.4, 0.5) is 0 Å². The van der Waals surface area contributed by atoms with Crippen LogP contribution in [-0.4, -0.2) is 49.0 Å². The van der Waals surface area contributed by atoms with E-state index in [1.54, 1.807) is 19.2 Å². The average molecular weight is 354 g/mol. The van der Waals surface area contributed by atoms with E-state index < -0.39 is 5.54 Å². The van der Waals surface area contributed by atoms with E-state index in [2.05, 4.69) is 29.4 Å². The molecule has 0 aromatic heterocycles. The summed E-state index contributed by atoms with van der Waals surface area (Å²) < 4.78 is 5.55. The van der Waals surface area contributed by atoms with Crippen LogP contribution in [0.5, 0.6) is 11.5 Å². The molecule has 0 unspecified atom stereocenters. The number of hydrogen-bond donors (Lipinski definition) is 3. The Labute approximate surface area is 154 Å². The Morgan fingerprint density at radius 2 is 1.96 bits per heavy atom. The van der Waals surface area contributed by atoms with E-state index >= 15 is 0 Å². The number of methoxy groups -OCH3 is 1. The van der Waals surface area contributed by atoms with Crippen LogP contribution < -0.4 is 10.1 Å². The molecule has 0 aliphatic carbocycles. The Bertz CT molecular complexity index is 782. The summed E-state index contributed by atoms with van der Waals surface area (Å²) in [7, 11) is 3.76. The maximum atomic E-state index is 10.5. The van der Waals surface area contributed by atoms with Crippen molar-refractivity contribution in [1.29, 1.82) is 0 Å². The van der Waals surface area contributed by atoms with Gasteiger partial charge in [0.05, 0.1) is 19.3 Å². The third kappa shape index (κ3) is 2.58. The first-order valence-corrected chi connectivity index (χ1v) is 9.08. The number of hydrogen-bond acceptors (Lipinski definition) is 5. The fourth-order valence-electron chi connectivity index (χ4n) is 4.94. The number of aromatic hydroxyl groups is 1. The highest BCUT2D eigenvalue weighted by Crippen LogP contribution is 2.52. The molecule has 3 N–H and O–H groups in total. The Morgan fingerprint density at radius 3 is 2.65 bits per heavy atom. The van der Waals surface area contributed by atoms with E-state index in [0.29, 0.717) is 17.6 Å². The molecule has 2 aliphatic heterocycles. The summed E-state index contributed by atoms with van der Waals surface area (Å²) in [5, 5.41) is 24.1. The molecule has 4 atom stereocenters. The van der Waals surface area contributed by atoms with Crippen molar-refractivity contribution >= 4 is 0 Å². The molecule has 5 heteroatoms. The van der Waals surface area contributed by atoms with Crippen LogP contribution in [0.15, 0.2) is 48.5 Å². The van der Waals surface area contributed by atoms with E-state index in [9.17, 15) is 10.2 Å².